The molecule has 1 saturated heterocycles. The van der Waals surface area contributed by atoms with Crippen molar-refractivity contribution in [3.8, 4) is 0 Å². The molecule has 0 radical (unpaired) electrons. The van der Waals surface area contributed by atoms with Crippen LogP contribution in [0.2, 0.25) is 5.02 Å². The minimum Gasteiger partial charge on any atom is -0.378 e. The molecule has 1 aromatic rings. The number of nitrogens with zero attached hydrogens (tertiary/aromatic N) is 1. The molecule has 0 bridgehead atoms. The summed E-state index contributed by atoms with van der Waals surface area (Å²) in [5.41, 5.74) is 7.12. The fourth-order valence-electron chi connectivity index (χ4n) is 2.94. The van der Waals surface area contributed by atoms with Crippen molar-refractivity contribution in [3.63, 3.8) is 0 Å². The van der Waals surface area contributed by atoms with E-state index in [1.165, 1.54) is 6.54 Å². The summed E-state index contributed by atoms with van der Waals surface area (Å²) in [6.07, 6.45) is 2.15. The van der Waals surface area contributed by atoms with Crippen LogP contribution in [-0.4, -0.2) is 36.6 Å². The van der Waals surface area contributed by atoms with E-state index in [-0.39, 0.29) is 5.54 Å². The average Bonchev–Trinajstić information content (AvgIpc) is 2.45. The zero-order chi connectivity index (χ0) is 15.5. The fraction of sp³-hybridized carbons (Fsp3) is 0.625. The Labute approximate surface area is 141 Å². The number of likely N-dealkylation sites (tertiary alicyclic amines) is 1. The molecule has 3 N–H and O–H groups in total. The number of hydrogen-bond donors (Lipinski definition) is 2. The van der Waals surface area contributed by atoms with Gasteiger partial charge in [0, 0.05) is 36.3 Å². The van der Waals surface area contributed by atoms with E-state index in [9.17, 15) is 0 Å². The maximum absolute atomic E-state index is 6.17. The third-order valence-electron chi connectivity index (χ3n) is 4.16. The molecule has 0 unspecified atom stereocenters. The summed E-state index contributed by atoms with van der Waals surface area (Å²) in [4.78, 5) is 2.54. The first-order valence-corrected chi connectivity index (χ1v) is 8.77. The Balaban J connectivity index is 2.01. The standard InChI is InChI=1S/C16H25BrClN3/c1-12(2)10-21-7-5-16(11-19,6-8-21)20-13-3-4-14(17)15(18)9-13/h3-4,9,12,20H,5-8,10-11,19H2,1-2H3. The van der Waals surface area contributed by atoms with E-state index in [0.29, 0.717) is 12.5 Å². The van der Waals surface area contributed by atoms with Gasteiger partial charge in [-0.15, -0.1) is 0 Å². The van der Waals surface area contributed by atoms with Crippen molar-refractivity contribution in [3.05, 3.63) is 27.7 Å². The number of benzene rings is 1. The second-order valence-corrected chi connectivity index (χ2v) is 7.69. The molecule has 1 aliphatic rings. The van der Waals surface area contributed by atoms with Crippen LogP contribution in [0, 0.1) is 5.92 Å². The zero-order valence-electron chi connectivity index (χ0n) is 12.8. The molecule has 0 spiro atoms. The van der Waals surface area contributed by atoms with Gasteiger partial charge in [-0.3, -0.25) is 0 Å². The topological polar surface area (TPSA) is 41.3 Å². The molecular weight excluding hydrogens is 350 g/mol. The van der Waals surface area contributed by atoms with Crippen LogP contribution in [0.1, 0.15) is 26.7 Å². The molecule has 0 saturated carbocycles. The highest BCUT2D eigenvalue weighted by Crippen LogP contribution is 2.30. The first-order valence-electron chi connectivity index (χ1n) is 7.60. The predicted octanol–water partition coefficient (Wildman–Crippen LogP) is 3.96. The van der Waals surface area contributed by atoms with E-state index in [1.54, 1.807) is 0 Å². The second-order valence-electron chi connectivity index (χ2n) is 6.43. The maximum Gasteiger partial charge on any atom is 0.0568 e. The molecule has 21 heavy (non-hydrogen) atoms. The normalized spacial score (nSPS) is 19.0. The van der Waals surface area contributed by atoms with Crippen LogP contribution in [0.3, 0.4) is 0 Å². The highest BCUT2D eigenvalue weighted by molar-refractivity contribution is 9.10. The zero-order valence-corrected chi connectivity index (χ0v) is 15.2. The lowest BCUT2D eigenvalue weighted by molar-refractivity contribution is 0.161. The van der Waals surface area contributed by atoms with Gasteiger partial charge in [-0.1, -0.05) is 25.4 Å². The molecule has 1 fully saturated rings. The molecule has 118 valence electrons. The van der Waals surface area contributed by atoms with Gasteiger partial charge in [0.25, 0.3) is 0 Å². The number of piperidine rings is 1. The number of rotatable bonds is 5. The molecule has 1 aliphatic heterocycles. The molecule has 2 rings (SSSR count). The third-order valence-corrected chi connectivity index (χ3v) is 5.39. The summed E-state index contributed by atoms with van der Waals surface area (Å²) in [5.74, 6) is 0.716. The van der Waals surface area contributed by atoms with Crippen LogP contribution >= 0.6 is 27.5 Å². The minimum absolute atomic E-state index is 0.00929. The summed E-state index contributed by atoms with van der Waals surface area (Å²) < 4.78 is 0.920. The summed E-state index contributed by atoms with van der Waals surface area (Å²) in [5, 5.41) is 4.36. The Bertz CT molecular complexity index is 471. The van der Waals surface area contributed by atoms with Gasteiger partial charge in [-0.25, -0.2) is 0 Å². The second kappa shape index (κ2) is 7.32. The molecule has 1 aromatic carbocycles. The Kier molecular flexibility index (Phi) is 5.95. The van der Waals surface area contributed by atoms with E-state index in [2.05, 4.69) is 40.0 Å². The maximum atomic E-state index is 6.17. The lowest BCUT2D eigenvalue weighted by atomic mass is 9.87. The van der Waals surface area contributed by atoms with E-state index in [1.807, 2.05) is 18.2 Å². The van der Waals surface area contributed by atoms with Gasteiger partial charge in [0.05, 0.1) is 10.6 Å². The third kappa shape index (κ3) is 4.59. The molecule has 5 heteroatoms. The summed E-state index contributed by atoms with van der Waals surface area (Å²) in [6, 6.07) is 5.99. The van der Waals surface area contributed by atoms with Gasteiger partial charge in [0.1, 0.15) is 0 Å². The van der Waals surface area contributed by atoms with Crippen molar-refractivity contribution in [2.75, 3.05) is 31.5 Å². The van der Waals surface area contributed by atoms with Crippen molar-refractivity contribution >= 4 is 33.2 Å². The van der Waals surface area contributed by atoms with Crippen LogP contribution in [0.4, 0.5) is 5.69 Å². The van der Waals surface area contributed by atoms with Gasteiger partial charge < -0.3 is 16.0 Å². The summed E-state index contributed by atoms with van der Waals surface area (Å²) >= 11 is 9.60. The largest absolute Gasteiger partial charge is 0.378 e. The number of halogens is 2. The molecular formula is C16H25BrClN3. The fourth-order valence-corrected chi connectivity index (χ4v) is 3.37. The van der Waals surface area contributed by atoms with Crippen molar-refractivity contribution in [2.45, 2.75) is 32.2 Å². The van der Waals surface area contributed by atoms with Crippen molar-refractivity contribution in [1.82, 2.24) is 4.90 Å². The number of hydrogen-bond acceptors (Lipinski definition) is 3. The molecule has 1 heterocycles. The first kappa shape index (κ1) is 17.1. The molecule has 0 amide bonds. The number of nitrogens with two attached hydrogens (primary N) is 1. The summed E-state index contributed by atoms with van der Waals surface area (Å²) in [7, 11) is 0. The lowest BCUT2D eigenvalue weighted by Gasteiger charge is -2.43. The van der Waals surface area contributed by atoms with Gasteiger partial charge in [0.15, 0.2) is 0 Å². The van der Waals surface area contributed by atoms with E-state index >= 15 is 0 Å². The Morgan fingerprint density at radius 1 is 1.38 bits per heavy atom. The smallest absolute Gasteiger partial charge is 0.0568 e. The van der Waals surface area contributed by atoms with E-state index < -0.39 is 0 Å². The van der Waals surface area contributed by atoms with Gasteiger partial charge >= 0.3 is 0 Å². The lowest BCUT2D eigenvalue weighted by Crippen LogP contribution is -2.54. The van der Waals surface area contributed by atoms with Crippen molar-refractivity contribution in [2.24, 2.45) is 11.7 Å². The van der Waals surface area contributed by atoms with Crippen LogP contribution in [0.5, 0.6) is 0 Å². The van der Waals surface area contributed by atoms with E-state index in [0.717, 1.165) is 41.1 Å². The van der Waals surface area contributed by atoms with Gasteiger partial charge in [-0.05, 0) is 52.9 Å². The van der Waals surface area contributed by atoms with Crippen LogP contribution < -0.4 is 11.1 Å². The van der Waals surface area contributed by atoms with Gasteiger partial charge in [-0.2, -0.15) is 0 Å². The van der Waals surface area contributed by atoms with Crippen LogP contribution in [0.15, 0.2) is 22.7 Å². The Hall–Kier alpha value is -0.290. The highest BCUT2D eigenvalue weighted by atomic mass is 79.9. The predicted molar refractivity (Wildman–Crippen MR) is 95.1 cm³/mol. The SMILES string of the molecule is CC(C)CN1CCC(CN)(Nc2ccc(Br)c(Cl)c2)CC1. The van der Waals surface area contributed by atoms with Gasteiger partial charge in [0.2, 0.25) is 0 Å². The number of anilines is 1. The van der Waals surface area contributed by atoms with Crippen molar-refractivity contribution < 1.29 is 0 Å². The first-order chi connectivity index (χ1) is 9.94. The molecule has 0 atom stereocenters. The van der Waals surface area contributed by atoms with Crippen LogP contribution in [-0.2, 0) is 0 Å². The van der Waals surface area contributed by atoms with Crippen LogP contribution in [0.25, 0.3) is 0 Å². The Morgan fingerprint density at radius 2 is 2.05 bits per heavy atom. The quantitative estimate of drug-likeness (QED) is 0.819. The number of nitrogens with one attached hydrogen (secondary N) is 1. The summed E-state index contributed by atoms with van der Waals surface area (Å²) in [6.45, 7) is 8.57. The molecule has 3 nitrogen and oxygen atoms in total. The molecule has 0 aromatic heterocycles. The minimum atomic E-state index is -0.00929. The molecule has 0 aliphatic carbocycles. The monoisotopic (exact) mass is 373 g/mol. The highest BCUT2D eigenvalue weighted by Gasteiger charge is 2.33. The van der Waals surface area contributed by atoms with Crippen molar-refractivity contribution in [1.29, 1.82) is 0 Å². The Morgan fingerprint density at radius 3 is 2.57 bits per heavy atom. The van der Waals surface area contributed by atoms with E-state index in [4.69, 9.17) is 17.3 Å². The average molecular weight is 375 g/mol.